The first-order chi connectivity index (χ1) is 11.8. The number of ether oxygens (including phenoxy) is 2. The zero-order valence-corrected chi connectivity index (χ0v) is 15.2. The molecule has 0 unspecified atom stereocenters. The highest BCUT2D eigenvalue weighted by Crippen LogP contribution is 2.31. The average Bonchev–Trinajstić information content (AvgIpc) is 2.94. The van der Waals surface area contributed by atoms with Gasteiger partial charge in [0.1, 0.15) is 10.8 Å². The smallest absolute Gasteiger partial charge is 0.340 e. The molecule has 132 valence electrons. The summed E-state index contributed by atoms with van der Waals surface area (Å²) in [5.74, 6) is -0.0899. The van der Waals surface area contributed by atoms with Gasteiger partial charge in [0.05, 0.1) is 30.4 Å². The minimum Gasteiger partial charge on any atom is -0.495 e. The van der Waals surface area contributed by atoms with Crippen LogP contribution in [0.2, 0.25) is 0 Å². The van der Waals surface area contributed by atoms with Crippen molar-refractivity contribution in [2.45, 2.75) is 6.92 Å². The molecule has 2 N–H and O–H groups in total. The highest BCUT2D eigenvalue weighted by molar-refractivity contribution is 7.80. The first-order valence-electron chi connectivity index (χ1n) is 6.95. The Bertz CT molecular complexity index is 835. The number of nitrogens with zero attached hydrogens (tertiary/aromatic N) is 1. The maximum absolute atomic E-state index is 11.8. The number of thiophene rings is 1. The van der Waals surface area contributed by atoms with Crippen LogP contribution >= 0.6 is 23.6 Å². The minimum atomic E-state index is -0.515. The topological polar surface area (TPSA) is 103 Å². The maximum atomic E-state index is 11.8. The minimum absolute atomic E-state index is 0.103. The van der Waals surface area contributed by atoms with Crippen LogP contribution in [0.3, 0.4) is 0 Å². The number of rotatable bonds is 5. The average molecular weight is 381 g/mol. The predicted octanol–water partition coefficient (Wildman–Crippen LogP) is 3.57. The van der Waals surface area contributed by atoms with Crippen LogP contribution in [0.5, 0.6) is 5.75 Å². The van der Waals surface area contributed by atoms with Crippen molar-refractivity contribution >= 4 is 51.0 Å². The van der Waals surface area contributed by atoms with E-state index in [2.05, 4.69) is 10.6 Å². The zero-order valence-electron chi connectivity index (χ0n) is 13.6. The maximum Gasteiger partial charge on any atom is 0.340 e. The lowest BCUT2D eigenvalue weighted by Crippen LogP contribution is -2.20. The fourth-order valence-electron chi connectivity index (χ4n) is 2.03. The van der Waals surface area contributed by atoms with Crippen molar-refractivity contribution < 1.29 is 19.2 Å². The molecule has 0 aliphatic rings. The number of nitro benzene ring substituents is 1. The Morgan fingerprint density at radius 2 is 2.00 bits per heavy atom. The lowest BCUT2D eigenvalue weighted by molar-refractivity contribution is -0.384. The summed E-state index contributed by atoms with van der Waals surface area (Å²) < 4.78 is 9.91. The third kappa shape index (κ3) is 4.43. The molecule has 0 aliphatic heterocycles. The van der Waals surface area contributed by atoms with Crippen molar-refractivity contribution in [2.24, 2.45) is 0 Å². The number of nitro groups is 1. The molecule has 1 heterocycles. The van der Waals surface area contributed by atoms with Gasteiger partial charge in [-0.05, 0) is 31.3 Å². The van der Waals surface area contributed by atoms with E-state index in [9.17, 15) is 14.9 Å². The van der Waals surface area contributed by atoms with E-state index in [-0.39, 0.29) is 10.8 Å². The molecule has 1 aromatic heterocycles. The summed E-state index contributed by atoms with van der Waals surface area (Å²) in [7, 11) is 2.74. The molecular weight excluding hydrogens is 366 g/mol. The van der Waals surface area contributed by atoms with Gasteiger partial charge in [-0.1, -0.05) is 0 Å². The summed E-state index contributed by atoms with van der Waals surface area (Å²) in [5.41, 5.74) is 0.593. The lowest BCUT2D eigenvalue weighted by atomic mass is 10.2. The van der Waals surface area contributed by atoms with Crippen LogP contribution in [0.1, 0.15) is 15.2 Å². The van der Waals surface area contributed by atoms with Gasteiger partial charge in [0, 0.05) is 17.0 Å². The highest BCUT2D eigenvalue weighted by Gasteiger charge is 2.17. The Hall–Kier alpha value is -2.72. The van der Waals surface area contributed by atoms with Crippen LogP contribution in [0.4, 0.5) is 16.4 Å². The Labute approximate surface area is 152 Å². The number of benzene rings is 1. The molecule has 1 aromatic carbocycles. The van der Waals surface area contributed by atoms with Crippen molar-refractivity contribution in [3.8, 4) is 5.75 Å². The molecule has 0 fully saturated rings. The van der Waals surface area contributed by atoms with Gasteiger partial charge in [-0.25, -0.2) is 4.79 Å². The molecule has 0 aliphatic carbocycles. The number of aryl methyl sites for hydroxylation is 1. The molecule has 8 nitrogen and oxygen atoms in total. The molecule has 2 aromatic rings. The first-order valence-corrected chi connectivity index (χ1v) is 8.17. The number of anilines is 2. The normalized spacial score (nSPS) is 10.0. The molecule has 0 radical (unpaired) electrons. The number of thiocarbonyl (C=S) groups is 1. The van der Waals surface area contributed by atoms with Crippen LogP contribution in [-0.2, 0) is 4.74 Å². The van der Waals surface area contributed by atoms with Crippen molar-refractivity contribution in [1.82, 2.24) is 0 Å². The molecule has 0 saturated heterocycles. The third-order valence-corrected chi connectivity index (χ3v) is 4.30. The van der Waals surface area contributed by atoms with Gasteiger partial charge in [0.2, 0.25) is 0 Å². The molecule has 25 heavy (non-hydrogen) atoms. The molecule has 0 bridgehead atoms. The number of nitrogens with one attached hydrogen (secondary N) is 2. The van der Waals surface area contributed by atoms with E-state index in [1.54, 1.807) is 6.07 Å². The second kappa shape index (κ2) is 7.90. The highest BCUT2D eigenvalue weighted by atomic mass is 32.1. The number of carbonyl (C=O) groups is 1. The Balaban J connectivity index is 2.22. The number of esters is 1. The monoisotopic (exact) mass is 381 g/mol. The van der Waals surface area contributed by atoms with E-state index < -0.39 is 10.9 Å². The zero-order chi connectivity index (χ0) is 18.6. The van der Waals surface area contributed by atoms with E-state index in [1.165, 1.54) is 43.8 Å². The Morgan fingerprint density at radius 1 is 1.28 bits per heavy atom. The molecule has 2 rings (SSSR count). The second-order valence-corrected chi connectivity index (χ2v) is 6.48. The summed E-state index contributed by atoms with van der Waals surface area (Å²) in [6.07, 6.45) is 0. The second-order valence-electron chi connectivity index (χ2n) is 4.81. The van der Waals surface area contributed by atoms with Gasteiger partial charge in [0.25, 0.3) is 5.69 Å². The summed E-state index contributed by atoms with van der Waals surface area (Å²) in [4.78, 5) is 23.1. The first kappa shape index (κ1) is 18.6. The van der Waals surface area contributed by atoms with E-state index in [0.29, 0.717) is 22.0 Å². The van der Waals surface area contributed by atoms with E-state index in [0.717, 1.165) is 4.88 Å². The van der Waals surface area contributed by atoms with E-state index in [4.69, 9.17) is 21.7 Å². The summed E-state index contributed by atoms with van der Waals surface area (Å²) in [5, 5.41) is 17.4. The number of non-ortho nitro benzene ring substituents is 1. The Morgan fingerprint density at radius 3 is 2.60 bits per heavy atom. The fourth-order valence-corrected chi connectivity index (χ4v) is 3.21. The summed E-state index contributed by atoms with van der Waals surface area (Å²) >= 11 is 6.57. The van der Waals surface area contributed by atoms with Gasteiger partial charge in [-0.15, -0.1) is 11.3 Å². The van der Waals surface area contributed by atoms with Crippen molar-refractivity contribution in [1.29, 1.82) is 0 Å². The summed E-state index contributed by atoms with van der Waals surface area (Å²) in [6, 6.07) is 5.81. The molecule has 0 atom stereocenters. The SMILES string of the molecule is COC(=O)c1cc(C)sc1NC(=S)Nc1cc([N+](=O)[O-])ccc1OC. The van der Waals surface area contributed by atoms with Gasteiger partial charge in [-0.2, -0.15) is 0 Å². The molecule has 0 spiro atoms. The van der Waals surface area contributed by atoms with Gasteiger partial charge in [0.15, 0.2) is 5.11 Å². The predicted molar refractivity (Wildman–Crippen MR) is 99.9 cm³/mol. The molecule has 10 heteroatoms. The van der Waals surface area contributed by atoms with Crippen molar-refractivity contribution in [2.75, 3.05) is 24.9 Å². The number of methoxy groups -OCH3 is 2. The number of hydrogen-bond acceptors (Lipinski definition) is 7. The van der Waals surface area contributed by atoms with Crippen molar-refractivity contribution in [3.05, 3.63) is 44.8 Å². The van der Waals surface area contributed by atoms with Gasteiger partial charge >= 0.3 is 5.97 Å². The number of carbonyl (C=O) groups excluding carboxylic acids is 1. The third-order valence-electron chi connectivity index (χ3n) is 3.13. The van der Waals surface area contributed by atoms with E-state index >= 15 is 0 Å². The molecule has 0 saturated carbocycles. The largest absolute Gasteiger partial charge is 0.495 e. The Kier molecular flexibility index (Phi) is 5.88. The van der Waals surface area contributed by atoms with E-state index in [1.807, 2.05) is 6.92 Å². The van der Waals surface area contributed by atoms with Gasteiger partial charge < -0.3 is 20.1 Å². The lowest BCUT2D eigenvalue weighted by Gasteiger charge is -2.13. The summed E-state index contributed by atoms with van der Waals surface area (Å²) in [6.45, 7) is 1.85. The molecule has 0 amide bonds. The van der Waals surface area contributed by atoms with Crippen LogP contribution in [0, 0.1) is 17.0 Å². The van der Waals surface area contributed by atoms with Crippen LogP contribution < -0.4 is 15.4 Å². The quantitative estimate of drug-likeness (QED) is 0.351. The van der Waals surface area contributed by atoms with Crippen molar-refractivity contribution in [3.63, 3.8) is 0 Å². The number of hydrogen-bond donors (Lipinski definition) is 2. The van der Waals surface area contributed by atoms with Crippen LogP contribution in [0.25, 0.3) is 0 Å². The molecular formula is C15H15N3O5S2. The van der Waals surface area contributed by atoms with Crippen LogP contribution in [0.15, 0.2) is 24.3 Å². The standard InChI is InChI=1S/C15H15N3O5S2/c1-8-6-10(14(19)23-3)13(25-8)17-15(24)16-11-7-9(18(20)21)4-5-12(11)22-2/h4-7H,1-3H3,(H2,16,17,24). The van der Waals surface area contributed by atoms with Crippen LogP contribution in [-0.4, -0.2) is 30.2 Å². The fraction of sp³-hybridized carbons (Fsp3) is 0.200. The van der Waals surface area contributed by atoms with Gasteiger partial charge in [-0.3, -0.25) is 10.1 Å².